The van der Waals surface area contributed by atoms with Crippen LogP contribution in [0.2, 0.25) is 0 Å². The molecule has 1 aromatic heterocycles. The van der Waals surface area contributed by atoms with E-state index in [4.69, 9.17) is 9.15 Å². The van der Waals surface area contributed by atoms with Gasteiger partial charge < -0.3 is 14.5 Å². The van der Waals surface area contributed by atoms with Gasteiger partial charge in [-0.1, -0.05) is 78.9 Å². The van der Waals surface area contributed by atoms with Crippen molar-refractivity contribution in [1.29, 1.82) is 0 Å². The zero-order valence-electron chi connectivity index (χ0n) is 18.6. The molecule has 0 aliphatic heterocycles. The van der Waals surface area contributed by atoms with E-state index in [2.05, 4.69) is 33.4 Å². The highest BCUT2D eigenvalue weighted by Gasteiger charge is 2.17. The van der Waals surface area contributed by atoms with E-state index < -0.39 is 0 Å². The third kappa shape index (κ3) is 6.30. The molecule has 0 spiro atoms. The van der Waals surface area contributed by atoms with Gasteiger partial charge in [0.25, 0.3) is 5.91 Å². The van der Waals surface area contributed by atoms with Gasteiger partial charge in [0.1, 0.15) is 12.0 Å². The predicted octanol–water partition coefficient (Wildman–Crippen LogP) is 4.82. The number of amides is 1. The molecule has 0 unspecified atom stereocenters. The fraction of sp³-hybridized carbons (Fsp3) is 0.185. The van der Waals surface area contributed by atoms with Crippen LogP contribution >= 0.6 is 0 Å². The number of hydrogen-bond donors (Lipinski definition) is 1. The molecule has 1 heterocycles. The summed E-state index contributed by atoms with van der Waals surface area (Å²) in [5.74, 6) is 1.07. The van der Waals surface area contributed by atoms with Crippen molar-refractivity contribution in [3.8, 4) is 5.75 Å². The lowest BCUT2D eigenvalue weighted by molar-refractivity contribution is 0.0945. The van der Waals surface area contributed by atoms with Gasteiger partial charge in [-0.05, 0) is 17.2 Å². The van der Waals surface area contributed by atoms with Gasteiger partial charge in [-0.25, -0.2) is 4.98 Å². The summed E-state index contributed by atoms with van der Waals surface area (Å²) < 4.78 is 11.2. The number of methoxy groups -OCH3 is 1. The monoisotopic (exact) mass is 441 g/mol. The normalized spacial score (nSPS) is 10.8. The zero-order valence-corrected chi connectivity index (χ0v) is 18.6. The van der Waals surface area contributed by atoms with Crippen molar-refractivity contribution in [1.82, 2.24) is 15.2 Å². The van der Waals surface area contributed by atoms with E-state index in [1.54, 1.807) is 7.11 Å². The van der Waals surface area contributed by atoms with Crippen molar-refractivity contribution in [2.45, 2.75) is 26.2 Å². The predicted molar refractivity (Wildman–Crippen MR) is 127 cm³/mol. The van der Waals surface area contributed by atoms with Crippen LogP contribution in [0.1, 0.15) is 33.1 Å². The van der Waals surface area contributed by atoms with Crippen molar-refractivity contribution in [2.75, 3.05) is 7.11 Å². The molecule has 6 heteroatoms. The van der Waals surface area contributed by atoms with Crippen molar-refractivity contribution < 1.29 is 13.9 Å². The van der Waals surface area contributed by atoms with E-state index in [9.17, 15) is 4.79 Å². The second-order valence-corrected chi connectivity index (χ2v) is 7.74. The Labute approximate surface area is 193 Å². The molecule has 4 aromatic rings. The second kappa shape index (κ2) is 11.1. The van der Waals surface area contributed by atoms with Crippen LogP contribution in [0.4, 0.5) is 0 Å². The second-order valence-electron chi connectivity index (χ2n) is 7.74. The number of aromatic nitrogens is 1. The highest BCUT2D eigenvalue weighted by molar-refractivity contribution is 5.91. The third-order valence-corrected chi connectivity index (χ3v) is 5.27. The van der Waals surface area contributed by atoms with E-state index >= 15 is 0 Å². The molecular weight excluding hydrogens is 414 g/mol. The molecule has 0 aliphatic rings. The lowest BCUT2D eigenvalue weighted by Gasteiger charge is -2.22. The Hall–Kier alpha value is -3.90. The number of oxazole rings is 1. The van der Waals surface area contributed by atoms with Gasteiger partial charge in [-0.3, -0.25) is 9.69 Å². The Morgan fingerprint density at radius 1 is 0.879 bits per heavy atom. The van der Waals surface area contributed by atoms with E-state index in [1.165, 1.54) is 11.8 Å². The SMILES string of the molecule is COc1ccccc1CN(Cc1ccccc1)Cc1nc(C(=O)NCc2ccccc2)co1. The largest absolute Gasteiger partial charge is 0.496 e. The number of carbonyl (C=O) groups excluding carboxylic acids is 1. The molecule has 0 bridgehead atoms. The number of rotatable bonds is 10. The van der Waals surface area contributed by atoms with E-state index in [1.807, 2.05) is 66.7 Å². The van der Waals surface area contributed by atoms with E-state index in [0.29, 0.717) is 32.1 Å². The maximum absolute atomic E-state index is 12.5. The molecular formula is C27H27N3O3. The molecule has 3 aromatic carbocycles. The van der Waals surface area contributed by atoms with E-state index in [-0.39, 0.29) is 11.6 Å². The number of nitrogens with one attached hydrogen (secondary N) is 1. The fourth-order valence-corrected chi connectivity index (χ4v) is 3.63. The number of nitrogens with zero attached hydrogens (tertiary/aromatic N) is 2. The van der Waals surface area contributed by atoms with Crippen molar-refractivity contribution >= 4 is 5.91 Å². The summed E-state index contributed by atoms with van der Waals surface area (Å²) in [6.07, 6.45) is 1.42. The van der Waals surface area contributed by atoms with Crippen LogP contribution in [0.5, 0.6) is 5.75 Å². The number of ether oxygens (including phenoxy) is 1. The first-order valence-corrected chi connectivity index (χ1v) is 10.9. The minimum absolute atomic E-state index is 0.256. The summed E-state index contributed by atoms with van der Waals surface area (Å²) in [6.45, 7) is 2.25. The molecule has 6 nitrogen and oxygen atoms in total. The Kier molecular flexibility index (Phi) is 7.51. The van der Waals surface area contributed by atoms with Crippen LogP contribution in [0.25, 0.3) is 0 Å². The van der Waals surface area contributed by atoms with Crippen LogP contribution in [0, 0.1) is 0 Å². The molecule has 168 valence electrons. The first kappa shape index (κ1) is 22.3. The summed E-state index contributed by atoms with van der Waals surface area (Å²) >= 11 is 0. The summed E-state index contributed by atoms with van der Waals surface area (Å²) in [7, 11) is 1.68. The maximum Gasteiger partial charge on any atom is 0.273 e. The lowest BCUT2D eigenvalue weighted by atomic mass is 10.1. The van der Waals surface area contributed by atoms with Crippen molar-refractivity contribution in [3.05, 3.63) is 119 Å². The number of carbonyl (C=O) groups is 1. The lowest BCUT2D eigenvalue weighted by Crippen LogP contribution is -2.24. The Balaban J connectivity index is 1.45. The standard InChI is InChI=1S/C27H27N3O3/c1-32-25-15-9-8-14-23(25)18-30(17-22-12-6-3-7-13-22)19-26-29-24(20-33-26)27(31)28-16-21-10-4-2-5-11-21/h2-15,20H,16-19H2,1H3,(H,28,31). The van der Waals surface area contributed by atoms with Gasteiger partial charge in [-0.15, -0.1) is 0 Å². The molecule has 0 aliphatic carbocycles. The topological polar surface area (TPSA) is 67.6 Å². The maximum atomic E-state index is 12.5. The molecule has 4 rings (SSSR count). The summed E-state index contributed by atoms with van der Waals surface area (Å²) in [5.41, 5.74) is 3.56. The number of para-hydroxylation sites is 1. The Morgan fingerprint density at radius 3 is 2.27 bits per heavy atom. The first-order chi connectivity index (χ1) is 16.2. The summed E-state index contributed by atoms with van der Waals surface area (Å²) in [4.78, 5) is 19.2. The van der Waals surface area contributed by atoms with Crippen molar-refractivity contribution in [2.24, 2.45) is 0 Å². The number of hydrogen-bond acceptors (Lipinski definition) is 5. The molecule has 1 N–H and O–H groups in total. The average Bonchev–Trinajstić information content (AvgIpc) is 3.33. The fourth-order valence-electron chi connectivity index (χ4n) is 3.63. The third-order valence-electron chi connectivity index (χ3n) is 5.27. The minimum Gasteiger partial charge on any atom is -0.496 e. The van der Waals surface area contributed by atoms with Crippen LogP contribution in [-0.2, 0) is 26.2 Å². The van der Waals surface area contributed by atoms with Gasteiger partial charge in [0, 0.05) is 25.2 Å². The van der Waals surface area contributed by atoms with E-state index in [0.717, 1.165) is 16.9 Å². The molecule has 0 saturated heterocycles. The van der Waals surface area contributed by atoms with Gasteiger partial charge in [0.2, 0.25) is 5.89 Å². The van der Waals surface area contributed by atoms with Crippen LogP contribution in [0.15, 0.2) is 95.6 Å². The zero-order chi connectivity index (χ0) is 22.9. The van der Waals surface area contributed by atoms with Crippen LogP contribution in [-0.4, -0.2) is 22.9 Å². The highest BCUT2D eigenvalue weighted by Crippen LogP contribution is 2.21. The molecule has 1 amide bonds. The molecule has 0 fully saturated rings. The van der Waals surface area contributed by atoms with Gasteiger partial charge >= 0.3 is 0 Å². The number of benzene rings is 3. The Morgan fingerprint density at radius 2 is 1.55 bits per heavy atom. The van der Waals surface area contributed by atoms with Gasteiger partial charge in [0.15, 0.2) is 5.69 Å². The van der Waals surface area contributed by atoms with Crippen molar-refractivity contribution in [3.63, 3.8) is 0 Å². The van der Waals surface area contributed by atoms with Gasteiger partial charge in [0.05, 0.1) is 13.7 Å². The van der Waals surface area contributed by atoms with Crippen LogP contribution in [0.3, 0.4) is 0 Å². The highest BCUT2D eigenvalue weighted by atomic mass is 16.5. The molecule has 0 radical (unpaired) electrons. The summed E-state index contributed by atoms with van der Waals surface area (Å²) in [6, 6.07) is 28.0. The minimum atomic E-state index is -0.256. The van der Waals surface area contributed by atoms with Crippen LogP contribution < -0.4 is 10.1 Å². The molecule has 33 heavy (non-hydrogen) atoms. The quantitative estimate of drug-likeness (QED) is 0.382. The Bertz CT molecular complexity index is 1160. The summed E-state index contributed by atoms with van der Waals surface area (Å²) in [5, 5.41) is 2.89. The van der Waals surface area contributed by atoms with Gasteiger partial charge in [-0.2, -0.15) is 0 Å². The smallest absolute Gasteiger partial charge is 0.273 e. The average molecular weight is 442 g/mol. The first-order valence-electron chi connectivity index (χ1n) is 10.9. The molecule has 0 atom stereocenters. The molecule has 0 saturated carbocycles.